The van der Waals surface area contributed by atoms with E-state index >= 15 is 0 Å². The third-order valence-electron chi connectivity index (χ3n) is 3.57. The quantitative estimate of drug-likeness (QED) is 0.395. The third kappa shape index (κ3) is 7.12. The van der Waals surface area contributed by atoms with Gasteiger partial charge in [-0.25, -0.2) is 0 Å². The number of allylic oxidation sites excluding steroid dienone is 2. The summed E-state index contributed by atoms with van der Waals surface area (Å²) >= 11 is 0. The molecule has 0 unspecified atom stereocenters. The maximum absolute atomic E-state index is 11.5. The average molecular weight is 282 g/mol. The van der Waals surface area contributed by atoms with Gasteiger partial charge in [-0.2, -0.15) is 0 Å². The van der Waals surface area contributed by atoms with Crippen LogP contribution in [0.4, 0.5) is 0 Å². The van der Waals surface area contributed by atoms with Crippen LogP contribution in [0.5, 0.6) is 0 Å². The van der Waals surface area contributed by atoms with Crippen molar-refractivity contribution in [2.24, 2.45) is 5.41 Å². The van der Waals surface area contributed by atoms with Gasteiger partial charge in [0.2, 0.25) is 0 Å². The Bertz CT molecular complexity index is 323. The van der Waals surface area contributed by atoms with Crippen molar-refractivity contribution in [2.75, 3.05) is 0 Å². The maximum atomic E-state index is 11.5. The molecule has 0 aromatic carbocycles. The molecule has 0 aromatic rings. The van der Waals surface area contributed by atoms with Crippen LogP contribution in [0.1, 0.15) is 57.8 Å². The van der Waals surface area contributed by atoms with Crippen molar-refractivity contribution in [1.82, 2.24) is 0 Å². The molecule has 0 aromatic heterocycles. The first-order valence-electron chi connectivity index (χ1n) is 7.15. The van der Waals surface area contributed by atoms with Gasteiger partial charge < -0.3 is 10.2 Å². The summed E-state index contributed by atoms with van der Waals surface area (Å²) in [5.41, 5.74) is -0.773. The number of carboxylic acid groups (broad SMARTS) is 2. The van der Waals surface area contributed by atoms with Crippen molar-refractivity contribution in [3.05, 3.63) is 25.3 Å². The Kier molecular flexibility index (Phi) is 9.43. The first kappa shape index (κ1) is 18.4. The van der Waals surface area contributed by atoms with Gasteiger partial charge in [-0.1, -0.05) is 37.8 Å². The molecule has 0 atom stereocenters. The van der Waals surface area contributed by atoms with Crippen molar-refractivity contribution in [1.29, 1.82) is 0 Å². The first-order chi connectivity index (χ1) is 9.48. The molecule has 2 N–H and O–H groups in total. The molecule has 0 rings (SSSR count). The molecule has 0 saturated carbocycles. The summed E-state index contributed by atoms with van der Waals surface area (Å²) < 4.78 is 0. The van der Waals surface area contributed by atoms with Gasteiger partial charge in [0.15, 0.2) is 0 Å². The molecule has 114 valence electrons. The highest BCUT2D eigenvalue weighted by molar-refractivity contribution is 5.75. The van der Waals surface area contributed by atoms with Crippen LogP contribution in [0.2, 0.25) is 0 Å². The van der Waals surface area contributed by atoms with E-state index in [-0.39, 0.29) is 6.42 Å². The number of carboxylic acids is 2. The number of aliphatic carboxylic acids is 2. The summed E-state index contributed by atoms with van der Waals surface area (Å²) in [4.78, 5) is 21.8. The zero-order valence-electron chi connectivity index (χ0n) is 12.1. The smallest absolute Gasteiger partial charge is 0.310 e. The minimum Gasteiger partial charge on any atom is -0.481 e. The molecule has 4 heteroatoms. The molecule has 0 fully saturated rings. The Morgan fingerprint density at radius 2 is 1.40 bits per heavy atom. The average Bonchev–Trinajstić information content (AvgIpc) is 2.37. The van der Waals surface area contributed by atoms with E-state index in [0.717, 1.165) is 25.7 Å². The van der Waals surface area contributed by atoms with E-state index in [2.05, 4.69) is 13.2 Å². The van der Waals surface area contributed by atoms with Gasteiger partial charge in [-0.15, -0.1) is 13.2 Å². The second-order valence-corrected chi connectivity index (χ2v) is 5.23. The Morgan fingerprint density at radius 3 is 1.85 bits per heavy atom. The normalized spacial score (nSPS) is 11.0. The zero-order valence-corrected chi connectivity index (χ0v) is 12.1. The van der Waals surface area contributed by atoms with Crippen LogP contribution in [0, 0.1) is 5.41 Å². The van der Waals surface area contributed by atoms with Gasteiger partial charge >= 0.3 is 11.9 Å². The lowest BCUT2D eigenvalue weighted by molar-refractivity contribution is -0.149. The highest BCUT2D eigenvalue weighted by atomic mass is 16.4. The van der Waals surface area contributed by atoms with Gasteiger partial charge in [-0.3, -0.25) is 9.59 Å². The van der Waals surface area contributed by atoms with E-state index in [4.69, 9.17) is 5.11 Å². The van der Waals surface area contributed by atoms with Gasteiger partial charge in [0.05, 0.1) is 5.41 Å². The molecular weight excluding hydrogens is 256 g/mol. The number of hydrogen-bond donors (Lipinski definition) is 2. The van der Waals surface area contributed by atoms with E-state index in [1.54, 1.807) is 12.2 Å². The van der Waals surface area contributed by atoms with E-state index < -0.39 is 17.4 Å². The maximum Gasteiger partial charge on any atom is 0.310 e. The predicted octanol–water partition coefficient (Wildman–Crippen LogP) is 4.02. The van der Waals surface area contributed by atoms with E-state index in [0.29, 0.717) is 25.7 Å². The molecule has 0 amide bonds. The highest BCUT2D eigenvalue weighted by Gasteiger charge is 2.35. The Hall–Kier alpha value is -1.58. The molecule has 0 aliphatic rings. The molecule has 4 nitrogen and oxygen atoms in total. The summed E-state index contributed by atoms with van der Waals surface area (Å²) in [6.45, 7) is 7.28. The zero-order chi connectivity index (χ0) is 15.4. The number of unbranched alkanes of at least 4 members (excludes halogenated alkanes) is 4. The highest BCUT2D eigenvalue weighted by Crippen LogP contribution is 2.34. The lowest BCUT2D eigenvalue weighted by Crippen LogP contribution is -2.30. The fourth-order valence-electron chi connectivity index (χ4n) is 2.39. The van der Waals surface area contributed by atoms with Crippen molar-refractivity contribution in [2.45, 2.75) is 57.8 Å². The largest absolute Gasteiger partial charge is 0.481 e. The van der Waals surface area contributed by atoms with E-state index in [1.165, 1.54) is 0 Å². The van der Waals surface area contributed by atoms with Gasteiger partial charge in [0.1, 0.15) is 0 Å². The standard InChI is InChI=1S/C16H26O4/c1-3-11-16(12-4-2,15(19)20)13-9-7-5-6-8-10-14(17)18/h3-4H,1-2,5-13H2,(H,17,18)(H,19,20). The lowest BCUT2D eigenvalue weighted by Gasteiger charge is -2.27. The summed E-state index contributed by atoms with van der Waals surface area (Å²) in [6.07, 6.45) is 9.34. The summed E-state index contributed by atoms with van der Waals surface area (Å²) in [7, 11) is 0. The van der Waals surface area contributed by atoms with Crippen molar-refractivity contribution >= 4 is 11.9 Å². The Labute approximate surface area is 121 Å². The van der Waals surface area contributed by atoms with Crippen LogP contribution in [0.25, 0.3) is 0 Å². The molecule has 0 saturated heterocycles. The Morgan fingerprint density at radius 1 is 0.900 bits per heavy atom. The fraction of sp³-hybridized carbons (Fsp3) is 0.625. The van der Waals surface area contributed by atoms with Crippen molar-refractivity contribution in [3.63, 3.8) is 0 Å². The Balaban J connectivity index is 4.07. The van der Waals surface area contributed by atoms with Crippen LogP contribution < -0.4 is 0 Å². The number of rotatable bonds is 13. The van der Waals surface area contributed by atoms with E-state index in [9.17, 15) is 14.7 Å². The summed E-state index contributed by atoms with van der Waals surface area (Å²) in [5.74, 6) is -1.55. The van der Waals surface area contributed by atoms with Gasteiger partial charge in [0, 0.05) is 6.42 Å². The molecule has 0 spiro atoms. The third-order valence-corrected chi connectivity index (χ3v) is 3.57. The second-order valence-electron chi connectivity index (χ2n) is 5.23. The number of carbonyl (C=O) groups is 2. The molecule has 0 radical (unpaired) electrons. The molecule has 20 heavy (non-hydrogen) atoms. The molecule has 0 bridgehead atoms. The van der Waals surface area contributed by atoms with Crippen LogP contribution >= 0.6 is 0 Å². The van der Waals surface area contributed by atoms with Crippen molar-refractivity contribution in [3.8, 4) is 0 Å². The van der Waals surface area contributed by atoms with Crippen LogP contribution in [0.3, 0.4) is 0 Å². The predicted molar refractivity (Wildman–Crippen MR) is 79.7 cm³/mol. The van der Waals surface area contributed by atoms with Crippen LogP contribution in [-0.4, -0.2) is 22.2 Å². The SMILES string of the molecule is C=CCC(CC=C)(CCCCCCCC(=O)O)C(=O)O. The topological polar surface area (TPSA) is 74.6 Å². The van der Waals surface area contributed by atoms with Crippen LogP contribution in [0.15, 0.2) is 25.3 Å². The first-order valence-corrected chi connectivity index (χ1v) is 7.15. The second kappa shape index (κ2) is 10.2. The minimum absolute atomic E-state index is 0.214. The van der Waals surface area contributed by atoms with Gasteiger partial charge in [-0.05, 0) is 25.7 Å². The molecule has 0 heterocycles. The molecule has 0 aliphatic heterocycles. The van der Waals surface area contributed by atoms with Crippen LogP contribution in [-0.2, 0) is 9.59 Å². The monoisotopic (exact) mass is 282 g/mol. The summed E-state index contributed by atoms with van der Waals surface area (Å²) in [5, 5.41) is 17.9. The fourth-order valence-corrected chi connectivity index (χ4v) is 2.39. The van der Waals surface area contributed by atoms with Gasteiger partial charge in [0.25, 0.3) is 0 Å². The lowest BCUT2D eigenvalue weighted by atomic mass is 9.76. The molecule has 0 aliphatic carbocycles. The molecular formula is C16H26O4. The minimum atomic E-state index is -0.789. The summed E-state index contributed by atoms with van der Waals surface area (Å²) in [6, 6.07) is 0. The van der Waals surface area contributed by atoms with Crippen molar-refractivity contribution < 1.29 is 19.8 Å². The number of hydrogen-bond acceptors (Lipinski definition) is 2. The van der Waals surface area contributed by atoms with E-state index in [1.807, 2.05) is 0 Å².